The molecule has 2 nitrogen and oxygen atoms in total. The van der Waals surface area contributed by atoms with Gasteiger partial charge in [-0.2, -0.15) is 0 Å². The Hall–Kier alpha value is -0.860. The standard InChI is InChI=1S/C14H23NO/c1-11(2)16-14(12(3)15(4)5)13-9-7-6-8-10-13/h6-12,14H,1-5H3/t12-,14-/m1/s1. The first-order valence-electron chi connectivity index (χ1n) is 5.89. The van der Waals surface area contributed by atoms with Crippen LogP contribution in [0.4, 0.5) is 0 Å². The van der Waals surface area contributed by atoms with Crippen LogP contribution < -0.4 is 0 Å². The normalized spacial score (nSPS) is 15.4. The van der Waals surface area contributed by atoms with Crippen LogP contribution in [-0.4, -0.2) is 31.1 Å². The number of hydrogen-bond acceptors (Lipinski definition) is 2. The van der Waals surface area contributed by atoms with Gasteiger partial charge in [-0.05, 0) is 40.4 Å². The molecule has 0 saturated heterocycles. The van der Waals surface area contributed by atoms with Gasteiger partial charge in [0.05, 0.1) is 12.2 Å². The van der Waals surface area contributed by atoms with Crippen LogP contribution in [0.3, 0.4) is 0 Å². The maximum atomic E-state index is 6.02. The Morgan fingerprint density at radius 3 is 2.00 bits per heavy atom. The smallest absolute Gasteiger partial charge is 0.0980 e. The molecule has 0 fully saturated rings. The van der Waals surface area contributed by atoms with E-state index in [-0.39, 0.29) is 12.2 Å². The van der Waals surface area contributed by atoms with Crippen molar-refractivity contribution in [1.82, 2.24) is 4.90 Å². The maximum absolute atomic E-state index is 6.02. The van der Waals surface area contributed by atoms with Gasteiger partial charge in [0.2, 0.25) is 0 Å². The van der Waals surface area contributed by atoms with E-state index in [0.717, 1.165) is 0 Å². The van der Waals surface area contributed by atoms with E-state index in [0.29, 0.717) is 6.04 Å². The number of nitrogens with zero attached hydrogens (tertiary/aromatic N) is 1. The minimum Gasteiger partial charge on any atom is -0.369 e. The third kappa shape index (κ3) is 3.62. The van der Waals surface area contributed by atoms with E-state index < -0.39 is 0 Å². The lowest BCUT2D eigenvalue weighted by Crippen LogP contribution is -2.33. The van der Waals surface area contributed by atoms with Crippen LogP contribution in [0.5, 0.6) is 0 Å². The molecule has 0 aromatic heterocycles. The van der Waals surface area contributed by atoms with Crippen molar-refractivity contribution in [3.8, 4) is 0 Å². The Morgan fingerprint density at radius 1 is 1.00 bits per heavy atom. The Kier molecular flexibility index (Phi) is 4.97. The van der Waals surface area contributed by atoms with Crippen LogP contribution in [0.15, 0.2) is 30.3 Å². The van der Waals surface area contributed by atoms with E-state index in [1.54, 1.807) is 0 Å². The van der Waals surface area contributed by atoms with Crippen LogP contribution in [0.2, 0.25) is 0 Å². The number of benzene rings is 1. The zero-order chi connectivity index (χ0) is 12.1. The highest BCUT2D eigenvalue weighted by molar-refractivity contribution is 5.19. The van der Waals surface area contributed by atoms with Gasteiger partial charge in [-0.1, -0.05) is 30.3 Å². The quantitative estimate of drug-likeness (QED) is 0.757. The summed E-state index contributed by atoms with van der Waals surface area (Å²) in [7, 11) is 4.18. The second-order valence-electron chi connectivity index (χ2n) is 4.72. The van der Waals surface area contributed by atoms with Crippen molar-refractivity contribution in [3.05, 3.63) is 35.9 Å². The Morgan fingerprint density at radius 2 is 1.56 bits per heavy atom. The van der Waals surface area contributed by atoms with Gasteiger partial charge in [0.15, 0.2) is 0 Å². The molecule has 0 unspecified atom stereocenters. The van der Waals surface area contributed by atoms with E-state index in [1.807, 2.05) is 6.07 Å². The van der Waals surface area contributed by atoms with Crippen LogP contribution in [0.25, 0.3) is 0 Å². The number of likely N-dealkylation sites (N-methyl/N-ethyl adjacent to an activating group) is 1. The molecule has 90 valence electrons. The summed E-state index contributed by atoms with van der Waals surface area (Å²) in [5.74, 6) is 0. The van der Waals surface area contributed by atoms with Crippen molar-refractivity contribution in [2.45, 2.75) is 39.0 Å². The topological polar surface area (TPSA) is 12.5 Å². The highest BCUT2D eigenvalue weighted by Gasteiger charge is 2.22. The van der Waals surface area contributed by atoms with Crippen molar-refractivity contribution in [3.63, 3.8) is 0 Å². The van der Waals surface area contributed by atoms with Gasteiger partial charge < -0.3 is 9.64 Å². The van der Waals surface area contributed by atoms with Crippen LogP contribution >= 0.6 is 0 Å². The molecule has 0 saturated carbocycles. The van der Waals surface area contributed by atoms with Gasteiger partial charge in [0, 0.05) is 6.04 Å². The molecular formula is C14H23NO. The third-order valence-electron chi connectivity index (χ3n) is 2.80. The minimum absolute atomic E-state index is 0.135. The second kappa shape index (κ2) is 6.02. The molecule has 0 aliphatic carbocycles. The minimum atomic E-state index is 0.135. The largest absolute Gasteiger partial charge is 0.369 e. The lowest BCUT2D eigenvalue weighted by molar-refractivity contribution is -0.0329. The van der Waals surface area contributed by atoms with Gasteiger partial charge in [-0.3, -0.25) is 0 Å². The summed E-state index contributed by atoms with van der Waals surface area (Å²) in [5, 5.41) is 0. The number of hydrogen-bond donors (Lipinski definition) is 0. The van der Waals surface area contributed by atoms with Crippen molar-refractivity contribution in [2.24, 2.45) is 0 Å². The summed E-state index contributed by atoms with van der Waals surface area (Å²) in [6.07, 6.45) is 0.379. The van der Waals surface area contributed by atoms with E-state index in [1.165, 1.54) is 5.56 Å². The summed E-state index contributed by atoms with van der Waals surface area (Å²) in [6.45, 7) is 6.36. The molecule has 0 aliphatic rings. The average molecular weight is 221 g/mol. The third-order valence-corrected chi connectivity index (χ3v) is 2.80. The lowest BCUT2D eigenvalue weighted by atomic mass is 10.0. The van der Waals surface area contributed by atoms with Crippen LogP contribution in [-0.2, 0) is 4.74 Å². The van der Waals surface area contributed by atoms with E-state index in [9.17, 15) is 0 Å². The fourth-order valence-corrected chi connectivity index (χ4v) is 1.68. The molecule has 0 bridgehead atoms. The van der Waals surface area contributed by atoms with Gasteiger partial charge in [0.25, 0.3) is 0 Å². The molecule has 16 heavy (non-hydrogen) atoms. The first kappa shape index (κ1) is 13.2. The molecule has 0 amide bonds. The first-order chi connectivity index (χ1) is 7.52. The molecular weight excluding hydrogens is 198 g/mol. The molecule has 1 aromatic carbocycles. The predicted molar refractivity (Wildman–Crippen MR) is 68.6 cm³/mol. The summed E-state index contributed by atoms with van der Waals surface area (Å²) < 4.78 is 6.02. The fraction of sp³-hybridized carbons (Fsp3) is 0.571. The summed E-state index contributed by atoms with van der Waals surface area (Å²) in [5.41, 5.74) is 1.25. The van der Waals surface area contributed by atoms with E-state index in [4.69, 9.17) is 4.74 Å². The second-order valence-corrected chi connectivity index (χ2v) is 4.72. The average Bonchev–Trinajstić information content (AvgIpc) is 2.26. The first-order valence-corrected chi connectivity index (χ1v) is 5.89. The fourth-order valence-electron chi connectivity index (χ4n) is 1.68. The summed E-state index contributed by atoms with van der Waals surface area (Å²) >= 11 is 0. The predicted octanol–water partition coefficient (Wildman–Crippen LogP) is 3.10. The molecule has 2 heteroatoms. The summed E-state index contributed by atoms with van der Waals surface area (Å²) in [6, 6.07) is 10.8. The van der Waals surface area contributed by atoms with Gasteiger partial charge in [-0.25, -0.2) is 0 Å². The SMILES string of the molecule is CC(C)O[C@@H](c1ccccc1)[C@@H](C)N(C)C. The van der Waals surface area contributed by atoms with Gasteiger partial charge >= 0.3 is 0 Å². The molecule has 0 radical (unpaired) electrons. The molecule has 0 N–H and O–H groups in total. The van der Waals surface area contributed by atoms with Gasteiger partial charge in [-0.15, -0.1) is 0 Å². The molecule has 1 aromatic rings. The van der Waals surface area contributed by atoms with E-state index >= 15 is 0 Å². The molecule has 1 rings (SSSR count). The maximum Gasteiger partial charge on any atom is 0.0980 e. The Labute approximate surface area is 99.2 Å². The van der Waals surface area contributed by atoms with Crippen LogP contribution in [0.1, 0.15) is 32.4 Å². The monoisotopic (exact) mass is 221 g/mol. The Bertz CT molecular complexity index is 295. The zero-order valence-electron chi connectivity index (χ0n) is 11.0. The molecule has 2 atom stereocenters. The van der Waals surface area contributed by atoms with Gasteiger partial charge in [0.1, 0.15) is 0 Å². The van der Waals surface area contributed by atoms with Crippen molar-refractivity contribution < 1.29 is 4.74 Å². The van der Waals surface area contributed by atoms with Crippen molar-refractivity contribution in [2.75, 3.05) is 14.1 Å². The number of rotatable bonds is 5. The molecule has 0 heterocycles. The lowest BCUT2D eigenvalue weighted by Gasteiger charge is -2.31. The van der Waals surface area contributed by atoms with Crippen molar-refractivity contribution >= 4 is 0 Å². The molecule has 0 aliphatic heterocycles. The van der Waals surface area contributed by atoms with E-state index in [2.05, 4.69) is 64.0 Å². The number of ether oxygens (including phenoxy) is 1. The highest BCUT2D eigenvalue weighted by atomic mass is 16.5. The highest BCUT2D eigenvalue weighted by Crippen LogP contribution is 2.25. The summed E-state index contributed by atoms with van der Waals surface area (Å²) in [4.78, 5) is 2.19. The van der Waals surface area contributed by atoms with Crippen molar-refractivity contribution in [1.29, 1.82) is 0 Å². The Balaban J connectivity index is 2.87. The zero-order valence-corrected chi connectivity index (χ0v) is 11.0. The van der Waals surface area contributed by atoms with Crippen LogP contribution in [0, 0.1) is 0 Å². The molecule has 0 spiro atoms.